The van der Waals surface area contributed by atoms with Crippen molar-refractivity contribution in [2.75, 3.05) is 17.2 Å². The molecule has 1 aromatic heterocycles. The fourth-order valence-electron chi connectivity index (χ4n) is 3.00. The molecule has 1 aliphatic heterocycles. The summed E-state index contributed by atoms with van der Waals surface area (Å²) in [6.45, 7) is 0.927. The van der Waals surface area contributed by atoms with Gasteiger partial charge in [0.2, 0.25) is 0 Å². The Balaban J connectivity index is 1.57. The fourth-order valence-corrected chi connectivity index (χ4v) is 3.00. The first-order valence-corrected chi connectivity index (χ1v) is 8.00. The first-order chi connectivity index (χ1) is 11.8. The molecule has 0 spiro atoms. The third-order valence-electron chi connectivity index (χ3n) is 4.21. The number of para-hydroxylation sites is 1. The van der Waals surface area contributed by atoms with E-state index in [1.54, 1.807) is 0 Å². The fraction of sp³-hybridized carbons (Fsp3) is 0.100. The lowest BCUT2D eigenvalue weighted by molar-refractivity contribution is 0.102. The van der Waals surface area contributed by atoms with Crippen LogP contribution in [-0.2, 0) is 6.42 Å². The van der Waals surface area contributed by atoms with Gasteiger partial charge in [-0.05, 0) is 47.9 Å². The van der Waals surface area contributed by atoms with Gasteiger partial charge in [-0.2, -0.15) is 0 Å². The summed E-state index contributed by atoms with van der Waals surface area (Å²) >= 11 is 0. The Labute approximate surface area is 140 Å². The van der Waals surface area contributed by atoms with E-state index < -0.39 is 0 Å². The molecule has 4 rings (SSSR count). The summed E-state index contributed by atoms with van der Waals surface area (Å²) in [4.78, 5) is 16.7. The normalized spacial score (nSPS) is 12.3. The molecule has 118 valence electrons. The van der Waals surface area contributed by atoms with E-state index in [-0.39, 0.29) is 5.91 Å². The number of benzene rings is 2. The zero-order valence-electron chi connectivity index (χ0n) is 13.1. The number of nitrogens with one attached hydrogen (secondary N) is 2. The number of pyridine rings is 1. The number of hydrogen-bond donors (Lipinski definition) is 2. The van der Waals surface area contributed by atoms with E-state index in [9.17, 15) is 4.79 Å². The zero-order valence-corrected chi connectivity index (χ0v) is 13.1. The van der Waals surface area contributed by atoms with E-state index in [0.29, 0.717) is 5.56 Å². The number of carbonyl (C=O) groups excluding carboxylic acids is 1. The van der Waals surface area contributed by atoms with E-state index >= 15 is 0 Å². The lowest BCUT2D eigenvalue weighted by Gasteiger charge is -2.09. The Morgan fingerprint density at radius 2 is 1.79 bits per heavy atom. The number of rotatable bonds is 3. The molecule has 4 nitrogen and oxygen atoms in total. The van der Waals surface area contributed by atoms with Crippen molar-refractivity contribution in [3.05, 3.63) is 78.0 Å². The number of amides is 1. The van der Waals surface area contributed by atoms with E-state index in [1.807, 2.05) is 66.9 Å². The Hall–Kier alpha value is -3.14. The lowest BCUT2D eigenvalue weighted by Crippen LogP contribution is -2.11. The summed E-state index contributed by atoms with van der Waals surface area (Å²) in [7, 11) is 0. The Bertz CT molecular complexity index is 873. The Kier molecular flexibility index (Phi) is 3.71. The maximum absolute atomic E-state index is 12.3. The van der Waals surface area contributed by atoms with Gasteiger partial charge in [0.1, 0.15) is 5.82 Å². The van der Waals surface area contributed by atoms with Crippen molar-refractivity contribution in [2.24, 2.45) is 0 Å². The third-order valence-corrected chi connectivity index (χ3v) is 4.21. The van der Waals surface area contributed by atoms with Gasteiger partial charge >= 0.3 is 0 Å². The Morgan fingerprint density at radius 1 is 1.00 bits per heavy atom. The summed E-state index contributed by atoms with van der Waals surface area (Å²) < 4.78 is 0. The van der Waals surface area contributed by atoms with Gasteiger partial charge in [-0.3, -0.25) is 4.79 Å². The average molecular weight is 315 g/mol. The van der Waals surface area contributed by atoms with Gasteiger partial charge in [0, 0.05) is 29.6 Å². The topological polar surface area (TPSA) is 54.0 Å². The van der Waals surface area contributed by atoms with Crippen molar-refractivity contribution in [1.29, 1.82) is 0 Å². The monoisotopic (exact) mass is 315 g/mol. The number of anilines is 2. The van der Waals surface area contributed by atoms with Gasteiger partial charge in [0.15, 0.2) is 0 Å². The standard InChI is InChI=1S/C20H17N3O/c24-20(23-16-4-2-1-3-5-16)15-8-6-14(7-9-15)17-10-12-21-19-18(17)11-13-22-19/h1-10,12H,11,13H2,(H,21,22)(H,23,24). The molecule has 0 atom stereocenters. The number of fused-ring (bicyclic) bond motifs is 1. The second kappa shape index (κ2) is 6.16. The molecule has 2 aromatic carbocycles. The van der Waals surface area contributed by atoms with Crippen LogP contribution in [0.25, 0.3) is 11.1 Å². The first kappa shape index (κ1) is 14.5. The molecule has 0 radical (unpaired) electrons. The number of aromatic nitrogens is 1. The predicted molar refractivity (Wildman–Crippen MR) is 96.3 cm³/mol. The van der Waals surface area contributed by atoms with Crippen LogP contribution in [0.4, 0.5) is 11.5 Å². The largest absolute Gasteiger partial charge is 0.369 e. The van der Waals surface area contributed by atoms with E-state index in [2.05, 4.69) is 15.6 Å². The maximum atomic E-state index is 12.3. The highest BCUT2D eigenvalue weighted by molar-refractivity contribution is 6.04. The smallest absolute Gasteiger partial charge is 0.255 e. The summed E-state index contributed by atoms with van der Waals surface area (Å²) in [6, 6.07) is 19.2. The van der Waals surface area contributed by atoms with Crippen molar-refractivity contribution < 1.29 is 4.79 Å². The molecule has 0 aliphatic carbocycles. The highest BCUT2D eigenvalue weighted by Crippen LogP contribution is 2.31. The van der Waals surface area contributed by atoms with Gasteiger partial charge < -0.3 is 10.6 Å². The summed E-state index contributed by atoms with van der Waals surface area (Å²) in [6.07, 6.45) is 2.80. The van der Waals surface area contributed by atoms with Crippen LogP contribution in [0.1, 0.15) is 15.9 Å². The minimum absolute atomic E-state index is 0.102. The van der Waals surface area contributed by atoms with Crippen LogP contribution in [0.3, 0.4) is 0 Å². The van der Waals surface area contributed by atoms with Gasteiger partial charge in [0.05, 0.1) is 0 Å². The molecular weight excluding hydrogens is 298 g/mol. The summed E-state index contributed by atoms with van der Waals surface area (Å²) in [5.74, 6) is 0.868. The van der Waals surface area contributed by atoms with Crippen LogP contribution in [0.5, 0.6) is 0 Å². The first-order valence-electron chi connectivity index (χ1n) is 8.00. The molecule has 0 saturated heterocycles. The quantitative estimate of drug-likeness (QED) is 0.769. The van der Waals surface area contributed by atoms with E-state index in [0.717, 1.165) is 30.0 Å². The SMILES string of the molecule is O=C(Nc1ccccc1)c1ccc(-c2ccnc3c2CCN3)cc1. The highest BCUT2D eigenvalue weighted by atomic mass is 16.1. The second-order valence-electron chi connectivity index (χ2n) is 5.76. The Morgan fingerprint density at radius 3 is 2.58 bits per heavy atom. The van der Waals surface area contributed by atoms with Gasteiger partial charge in [-0.15, -0.1) is 0 Å². The highest BCUT2D eigenvalue weighted by Gasteiger charge is 2.16. The van der Waals surface area contributed by atoms with Crippen molar-refractivity contribution in [1.82, 2.24) is 4.98 Å². The van der Waals surface area contributed by atoms with Crippen molar-refractivity contribution in [2.45, 2.75) is 6.42 Å². The van der Waals surface area contributed by atoms with E-state index in [1.165, 1.54) is 11.1 Å². The second-order valence-corrected chi connectivity index (χ2v) is 5.76. The average Bonchev–Trinajstić information content (AvgIpc) is 3.11. The van der Waals surface area contributed by atoms with E-state index in [4.69, 9.17) is 0 Å². The molecule has 0 unspecified atom stereocenters. The zero-order chi connectivity index (χ0) is 16.4. The molecule has 4 heteroatoms. The van der Waals surface area contributed by atoms with Crippen LogP contribution in [0, 0.1) is 0 Å². The molecule has 0 fully saturated rings. The van der Waals surface area contributed by atoms with Crippen molar-refractivity contribution >= 4 is 17.4 Å². The maximum Gasteiger partial charge on any atom is 0.255 e. The van der Waals surface area contributed by atoms with Crippen LogP contribution < -0.4 is 10.6 Å². The minimum Gasteiger partial charge on any atom is -0.369 e. The van der Waals surface area contributed by atoms with Gasteiger partial charge in [0.25, 0.3) is 5.91 Å². The molecule has 0 saturated carbocycles. The molecule has 1 amide bonds. The molecule has 2 N–H and O–H groups in total. The molecule has 2 heterocycles. The molecular formula is C20H17N3O. The minimum atomic E-state index is -0.102. The van der Waals surface area contributed by atoms with Gasteiger partial charge in [-0.1, -0.05) is 30.3 Å². The van der Waals surface area contributed by atoms with Crippen LogP contribution in [-0.4, -0.2) is 17.4 Å². The molecule has 24 heavy (non-hydrogen) atoms. The van der Waals surface area contributed by atoms with Crippen molar-refractivity contribution in [3.8, 4) is 11.1 Å². The van der Waals surface area contributed by atoms with Crippen molar-refractivity contribution in [3.63, 3.8) is 0 Å². The molecule has 3 aromatic rings. The number of hydrogen-bond acceptors (Lipinski definition) is 3. The predicted octanol–water partition coefficient (Wildman–Crippen LogP) is 3.97. The summed E-state index contributed by atoms with van der Waals surface area (Å²) in [5.41, 5.74) is 4.98. The molecule has 0 bridgehead atoms. The summed E-state index contributed by atoms with van der Waals surface area (Å²) in [5, 5.41) is 6.19. The van der Waals surface area contributed by atoms with Crippen LogP contribution in [0.2, 0.25) is 0 Å². The third kappa shape index (κ3) is 2.74. The van der Waals surface area contributed by atoms with Crippen LogP contribution in [0.15, 0.2) is 66.9 Å². The van der Waals surface area contributed by atoms with Gasteiger partial charge in [-0.25, -0.2) is 4.98 Å². The van der Waals surface area contributed by atoms with Crippen LogP contribution >= 0.6 is 0 Å². The number of nitrogens with zero attached hydrogens (tertiary/aromatic N) is 1. The molecule has 1 aliphatic rings. The number of carbonyl (C=O) groups is 1. The lowest BCUT2D eigenvalue weighted by atomic mass is 9.99.